The first-order valence-corrected chi connectivity index (χ1v) is 15.7. The predicted octanol–water partition coefficient (Wildman–Crippen LogP) is 4.80. The summed E-state index contributed by atoms with van der Waals surface area (Å²) in [6, 6.07) is 1.78. The van der Waals surface area contributed by atoms with Crippen molar-refractivity contribution in [3.63, 3.8) is 0 Å². The smallest absolute Gasteiger partial charge is 0.217 e. The molecule has 10 nitrogen and oxygen atoms in total. The molecule has 0 aromatic carbocycles. The van der Waals surface area contributed by atoms with Crippen LogP contribution in [0.2, 0.25) is 0 Å². The van der Waals surface area contributed by atoms with Gasteiger partial charge in [-0.05, 0) is 90.3 Å². The molecular weight excluding hydrogens is 532 g/mol. The molecular formula is C32H46N6O4. The van der Waals surface area contributed by atoms with E-state index in [0.29, 0.717) is 53.4 Å². The van der Waals surface area contributed by atoms with Crippen molar-refractivity contribution in [1.29, 1.82) is 0 Å². The number of aromatic nitrogens is 3. The maximum absolute atomic E-state index is 13.2. The molecule has 42 heavy (non-hydrogen) atoms. The summed E-state index contributed by atoms with van der Waals surface area (Å²) in [5.41, 5.74) is 8.44. The lowest BCUT2D eigenvalue weighted by molar-refractivity contribution is -0.128. The Labute approximate surface area is 248 Å². The minimum atomic E-state index is -0.566. The fourth-order valence-corrected chi connectivity index (χ4v) is 6.44. The van der Waals surface area contributed by atoms with Crippen LogP contribution in [0.15, 0.2) is 21.7 Å². The van der Waals surface area contributed by atoms with Gasteiger partial charge in [-0.25, -0.2) is 4.98 Å². The van der Waals surface area contributed by atoms with E-state index in [1.54, 1.807) is 18.4 Å². The summed E-state index contributed by atoms with van der Waals surface area (Å²) in [6.45, 7) is 6.64. The van der Waals surface area contributed by atoms with E-state index in [4.69, 9.17) is 29.7 Å². The average Bonchev–Trinajstić information content (AvgIpc) is 3.68. The monoisotopic (exact) mass is 578 g/mol. The summed E-state index contributed by atoms with van der Waals surface area (Å²) in [5, 5.41) is 7.67. The van der Waals surface area contributed by atoms with Gasteiger partial charge in [0.1, 0.15) is 11.9 Å². The Morgan fingerprint density at radius 3 is 2.88 bits per heavy atom. The Bertz CT molecular complexity index is 1280. The number of carbonyl (C=O) groups excluding carboxylic acids is 1. The first-order valence-electron chi connectivity index (χ1n) is 15.7. The number of fused-ring (bicyclic) bond motifs is 2. The summed E-state index contributed by atoms with van der Waals surface area (Å²) in [7, 11) is 1.97. The lowest BCUT2D eigenvalue weighted by Crippen LogP contribution is -2.41. The van der Waals surface area contributed by atoms with E-state index in [2.05, 4.69) is 29.3 Å². The Morgan fingerprint density at radius 1 is 1.24 bits per heavy atom. The van der Waals surface area contributed by atoms with Gasteiger partial charge in [0.05, 0.1) is 29.5 Å². The molecule has 2 aromatic rings. The predicted molar refractivity (Wildman–Crippen MR) is 163 cm³/mol. The maximum Gasteiger partial charge on any atom is 0.217 e. The van der Waals surface area contributed by atoms with Crippen LogP contribution in [0.4, 0.5) is 0 Å². The van der Waals surface area contributed by atoms with Crippen LogP contribution >= 0.6 is 0 Å². The Hall–Kier alpha value is -3.11. The number of rotatable bonds is 12. The van der Waals surface area contributed by atoms with E-state index in [-0.39, 0.29) is 18.0 Å². The number of aliphatic imine (C=N–C) groups is 1. The van der Waals surface area contributed by atoms with Crippen LogP contribution in [0.25, 0.3) is 17.2 Å². The summed E-state index contributed by atoms with van der Waals surface area (Å²) in [6.07, 6.45) is 13.6. The highest BCUT2D eigenvalue weighted by atomic mass is 16.5. The van der Waals surface area contributed by atoms with Gasteiger partial charge in [0.25, 0.3) is 0 Å². The van der Waals surface area contributed by atoms with Gasteiger partial charge in [-0.15, -0.1) is 0 Å². The van der Waals surface area contributed by atoms with Crippen LogP contribution in [0, 0.1) is 5.92 Å². The van der Waals surface area contributed by atoms with Crippen molar-refractivity contribution in [2.75, 3.05) is 26.7 Å². The molecule has 1 saturated carbocycles. The zero-order valence-electron chi connectivity index (χ0n) is 25.4. The Balaban J connectivity index is 1.45. The molecule has 4 atom stereocenters. The number of ether oxygens (including phenoxy) is 2. The first-order chi connectivity index (χ1) is 20.4. The van der Waals surface area contributed by atoms with Crippen molar-refractivity contribution in [2.24, 2.45) is 16.6 Å². The largest absolute Gasteiger partial charge is 0.474 e. The number of nitrogens with zero attached hydrogens (tertiary/aromatic N) is 4. The third-order valence-corrected chi connectivity index (χ3v) is 9.14. The number of ketones is 1. The van der Waals surface area contributed by atoms with E-state index in [1.807, 2.05) is 7.05 Å². The molecule has 1 spiro atoms. The normalized spacial score (nSPS) is 24.3. The number of hydrogen-bond acceptors (Lipinski definition) is 10. The molecule has 2 aliphatic carbocycles. The molecule has 0 bridgehead atoms. The maximum atomic E-state index is 13.2. The molecule has 0 radical (unpaired) electrons. The molecule has 1 aliphatic heterocycles. The highest BCUT2D eigenvalue weighted by Crippen LogP contribution is 2.47. The van der Waals surface area contributed by atoms with Crippen LogP contribution in [0.1, 0.15) is 95.1 Å². The minimum absolute atomic E-state index is 0.0648. The average molecular weight is 579 g/mol. The van der Waals surface area contributed by atoms with Gasteiger partial charge >= 0.3 is 0 Å². The van der Waals surface area contributed by atoms with E-state index >= 15 is 0 Å². The van der Waals surface area contributed by atoms with Crippen LogP contribution in [-0.4, -0.2) is 66.1 Å². The quantitative estimate of drug-likeness (QED) is 0.269. The second-order valence-corrected chi connectivity index (χ2v) is 12.1. The van der Waals surface area contributed by atoms with Gasteiger partial charge in [-0.2, -0.15) is 4.98 Å². The number of carbonyl (C=O) groups is 1. The molecule has 1 saturated heterocycles. The fraction of sp³-hybridized carbons (Fsp3) is 0.656. The third kappa shape index (κ3) is 6.75. The summed E-state index contributed by atoms with van der Waals surface area (Å²) in [5.74, 6) is 2.14. The highest BCUT2D eigenvalue weighted by Gasteiger charge is 2.48. The first kappa shape index (κ1) is 30.4. The van der Waals surface area contributed by atoms with Gasteiger partial charge in [-0.1, -0.05) is 18.5 Å². The molecule has 3 aliphatic rings. The number of nitrogens with two attached hydrogens (primary N) is 1. The van der Waals surface area contributed by atoms with Gasteiger partial charge in [0, 0.05) is 30.9 Å². The van der Waals surface area contributed by atoms with Crippen LogP contribution in [0.3, 0.4) is 0 Å². The molecule has 3 N–H and O–H groups in total. The van der Waals surface area contributed by atoms with Gasteiger partial charge in [0.2, 0.25) is 5.88 Å². The third-order valence-electron chi connectivity index (χ3n) is 9.14. The van der Waals surface area contributed by atoms with Crippen LogP contribution in [0.5, 0.6) is 5.88 Å². The van der Waals surface area contributed by atoms with Crippen molar-refractivity contribution in [3.8, 4) is 17.4 Å². The lowest BCUT2D eigenvalue weighted by Gasteiger charge is -2.36. The van der Waals surface area contributed by atoms with Crippen molar-refractivity contribution in [1.82, 2.24) is 20.4 Å². The van der Waals surface area contributed by atoms with Crippen molar-refractivity contribution < 1.29 is 18.8 Å². The van der Waals surface area contributed by atoms with Gasteiger partial charge < -0.3 is 25.0 Å². The summed E-state index contributed by atoms with van der Waals surface area (Å²) >= 11 is 0. The van der Waals surface area contributed by atoms with E-state index in [1.165, 1.54) is 0 Å². The van der Waals surface area contributed by atoms with Gasteiger partial charge in [0.15, 0.2) is 17.3 Å². The molecule has 0 unspecified atom stereocenters. The fourth-order valence-electron chi connectivity index (χ4n) is 6.44. The highest BCUT2D eigenvalue weighted by molar-refractivity contribution is 5.91. The topological polar surface area (TPSA) is 138 Å². The van der Waals surface area contributed by atoms with Crippen molar-refractivity contribution in [3.05, 3.63) is 29.2 Å². The number of Topliss-reactive ketones (excluding diaryl/α,β-unsaturated/α-hetero) is 1. The van der Waals surface area contributed by atoms with E-state index in [0.717, 1.165) is 82.9 Å². The van der Waals surface area contributed by atoms with Gasteiger partial charge in [-0.3, -0.25) is 9.79 Å². The molecule has 2 aromatic heterocycles. The molecule has 2 fully saturated rings. The Morgan fingerprint density at radius 2 is 2.10 bits per heavy atom. The summed E-state index contributed by atoms with van der Waals surface area (Å²) < 4.78 is 18.0. The second-order valence-electron chi connectivity index (χ2n) is 12.1. The zero-order valence-corrected chi connectivity index (χ0v) is 25.4. The van der Waals surface area contributed by atoms with E-state index in [9.17, 15) is 4.79 Å². The van der Waals surface area contributed by atoms with Crippen LogP contribution in [-0.2, 0) is 21.4 Å². The van der Waals surface area contributed by atoms with Crippen molar-refractivity contribution >= 4 is 17.7 Å². The molecule has 0 amide bonds. The van der Waals surface area contributed by atoms with Crippen molar-refractivity contribution in [2.45, 2.75) is 102 Å². The van der Waals surface area contributed by atoms with E-state index < -0.39 is 5.41 Å². The Kier molecular flexibility index (Phi) is 10.1. The number of allylic oxidation sites excluding steroid dienone is 1. The molecule has 10 heteroatoms. The second kappa shape index (κ2) is 13.9. The molecule has 228 valence electrons. The molecule has 3 heterocycles. The lowest BCUT2D eigenvalue weighted by atomic mass is 9.64. The standard InChI is InChI=1S/C32H46N6O4/c1-21(9-7-16-34-3)22(2)41-28-19-26(25(33)13-17-35-20-23-10-8-18-40-23)36-31(37-28)29-24-11-6-15-32(30(24)42-38-29)14-5-4-12-27(32)39/h13,17,19,21-23,34H,4-12,14-16,18,20,33H2,1-3H3/t21-,22-,23-,32+/m0/s1. The summed E-state index contributed by atoms with van der Waals surface area (Å²) in [4.78, 5) is 27.3. The SMILES string of the molecule is CNCCC[C@H](C)[C@H](C)Oc1cc(C(N)=CC=NC[C@@H]2CCCO2)nc(-c2noc3c2CCC[C@@]32CCCCC2=O)n1. The molecule has 5 rings (SSSR count). The number of hydrogen-bond donors (Lipinski definition) is 2. The number of nitrogens with one attached hydrogen (secondary N) is 1. The zero-order chi connectivity index (χ0) is 29.5. The minimum Gasteiger partial charge on any atom is -0.474 e. The van der Waals surface area contributed by atoms with Crippen LogP contribution < -0.4 is 15.8 Å².